The number of rotatable bonds is 3. The maximum absolute atomic E-state index is 11.3. The van der Waals surface area contributed by atoms with Crippen molar-refractivity contribution in [2.75, 3.05) is 13.2 Å². The first-order chi connectivity index (χ1) is 5.70. The molecule has 0 aliphatic carbocycles. The third kappa shape index (κ3) is 4.48. The van der Waals surface area contributed by atoms with Crippen LogP contribution in [0.3, 0.4) is 0 Å². The summed E-state index contributed by atoms with van der Waals surface area (Å²) in [7, 11) is 0. The monoisotopic (exact) mass is 207 g/mol. The molecule has 13 heavy (non-hydrogen) atoms. The Morgan fingerprint density at radius 2 is 2.31 bits per heavy atom. The topological polar surface area (TPSA) is 38.3 Å². The van der Waals surface area contributed by atoms with Crippen molar-refractivity contribution in [1.29, 1.82) is 0 Å². The van der Waals surface area contributed by atoms with Gasteiger partial charge >= 0.3 is 5.97 Å². The molecule has 1 fully saturated rings. The first kappa shape index (κ1) is 12.7. The Bertz CT molecular complexity index is 156. The molecule has 1 aliphatic rings. The first-order valence-electron chi connectivity index (χ1n) is 4.60. The summed E-state index contributed by atoms with van der Waals surface area (Å²) < 4.78 is 5.09. The SMILES string of the molecule is CC(C)COC(=O)[C@@H]1CCCN1.Cl. The number of esters is 1. The standard InChI is InChI=1S/C9H17NO2.ClH/c1-7(2)6-12-9(11)8-4-3-5-10-8;/h7-8,10H,3-6H2,1-2H3;1H/t8-;/m0./s1. The summed E-state index contributed by atoms with van der Waals surface area (Å²) in [4.78, 5) is 11.3. The molecule has 0 aromatic rings. The predicted molar refractivity (Wildman–Crippen MR) is 54.1 cm³/mol. The van der Waals surface area contributed by atoms with E-state index in [0.717, 1.165) is 19.4 Å². The maximum atomic E-state index is 11.3. The van der Waals surface area contributed by atoms with Crippen LogP contribution in [0.15, 0.2) is 0 Å². The van der Waals surface area contributed by atoms with Crippen molar-refractivity contribution < 1.29 is 9.53 Å². The van der Waals surface area contributed by atoms with Crippen LogP contribution < -0.4 is 5.32 Å². The quantitative estimate of drug-likeness (QED) is 0.711. The maximum Gasteiger partial charge on any atom is 0.323 e. The molecule has 1 saturated heterocycles. The number of halogens is 1. The number of carbonyl (C=O) groups is 1. The van der Waals surface area contributed by atoms with E-state index in [1.807, 2.05) is 13.8 Å². The molecule has 1 heterocycles. The van der Waals surface area contributed by atoms with Gasteiger partial charge in [0.2, 0.25) is 0 Å². The molecule has 0 aromatic carbocycles. The van der Waals surface area contributed by atoms with E-state index in [1.165, 1.54) is 0 Å². The van der Waals surface area contributed by atoms with Crippen molar-refractivity contribution in [2.45, 2.75) is 32.7 Å². The van der Waals surface area contributed by atoms with Crippen molar-refractivity contribution in [3.05, 3.63) is 0 Å². The highest BCUT2D eigenvalue weighted by Crippen LogP contribution is 2.07. The van der Waals surface area contributed by atoms with Gasteiger partial charge in [-0.3, -0.25) is 4.79 Å². The number of carbonyl (C=O) groups excluding carboxylic acids is 1. The molecule has 1 atom stereocenters. The predicted octanol–water partition coefficient (Wildman–Crippen LogP) is 1.36. The molecule has 0 spiro atoms. The highest BCUT2D eigenvalue weighted by molar-refractivity contribution is 5.85. The Labute approximate surface area is 85.6 Å². The molecule has 0 saturated carbocycles. The third-order valence-electron chi connectivity index (χ3n) is 1.90. The number of ether oxygens (including phenoxy) is 1. The summed E-state index contributed by atoms with van der Waals surface area (Å²) in [5, 5.41) is 3.11. The molecule has 1 N–H and O–H groups in total. The van der Waals surface area contributed by atoms with Gasteiger partial charge in [-0.25, -0.2) is 0 Å². The number of nitrogens with one attached hydrogen (secondary N) is 1. The lowest BCUT2D eigenvalue weighted by Crippen LogP contribution is -2.33. The summed E-state index contributed by atoms with van der Waals surface area (Å²) in [5.41, 5.74) is 0. The average Bonchev–Trinajstić information content (AvgIpc) is 2.51. The largest absolute Gasteiger partial charge is 0.464 e. The molecule has 3 nitrogen and oxygen atoms in total. The molecular formula is C9H18ClNO2. The van der Waals surface area contributed by atoms with Gasteiger partial charge in [0.1, 0.15) is 6.04 Å². The Morgan fingerprint density at radius 1 is 1.62 bits per heavy atom. The fraction of sp³-hybridized carbons (Fsp3) is 0.889. The molecule has 0 unspecified atom stereocenters. The molecule has 1 rings (SSSR count). The highest BCUT2D eigenvalue weighted by atomic mass is 35.5. The Morgan fingerprint density at radius 3 is 2.77 bits per heavy atom. The third-order valence-corrected chi connectivity index (χ3v) is 1.90. The van der Waals surface area contributed by atoms with E-state index in [4.69, 9.17) is 4.74 Å². The van der Waals surface area contributed by atoms with Gasteiger partial charge in [0, 0.05) is 0 Å². The lowest BCUT2D eigenvalue weighted by atomic mass is 10.2. The van der Waals surface area contributed by atoms with E-state index in [-0.39, 0.29) is 24.4 Å². The van der Waals surface area contributed by atoms with Gasteiger partial charge in [-0.2, -0.15) is 0 Å². The lowest BCUT2D eigenvalue weighted by Gasteiger charge is -2.11. The van der Waals surface area contributed by atoms with E-state index in [0.29, 0.717) is 12.5 Å². The zero-order chi connectivity index (χ0) is 8.97. The molecule has 1 aliphatic heterocycles. The molecule has 0 amide bonds. The van der Waals surface area contributed by atoms with Crippen molar-refractivity contribution in [1.82, 2.24) is 5.32 Å². The minimum atomic E-state index is -0.0822. The van der Waals surface area contributed by atoms with Gasteiger partial charge in [0.15, 0.2) is 0 Å². The van der Waals surface area contributed by atoms with Crippen LogP contribution in [0.5, 0.6) is 0 Å². The molecule has 78 valence electrons. The van der Waals surface area contributed by atoms with Crippen molar-refractivity contribution in [2.24, 2.45) is 5.92 Å². The average molecular weight is 208 g/mol. The van der Waals surface area contributed by atoms with E-state index in [1.54, 1.807) is 0 Å². The zero-order valence-corrected chi connectivity index (χ0v) is 9.02. The van der Waals surface area contributed by atoms with Gasteiger partial charge in [0.05, 0.1) is 6.61 Å². The number of hydrogen-bond acceptors (Lipinski definition) is 3. The summed E-state index contributed by atoms with van der Waals surface area (Å²) in [6, 6.07) is -0.0382. The van der Waals surface area contributed by atoms with Crippen LogP contribution in [0, 0.1) is 5.92 Å². The fourth-order valence-corrected chi connectivity index (χ4v) is 1.24. The highest BCUT2D eigenvalue weighted by Gasteiger charge is 2.23. The van der Waals surface area contributed by atoms with E-state index in [2.05, 4.69) is 5.32 Å². The van der Waals surface area contributed by atoms with Gasteiger partial charge in [-0.1, -0.05) is 13.8 Å². The summed E-state index contributed by atoms with van der Waals surface area (Å²) >= 11 is 0. The van der Waals surface area contributed by atoms with Gasteiger partial charge in [-0.15, -0.1) is 12.4 Å². The number of hydrogen-bond donors (Lipinski definition) is 1. The Kier molecular flexibility index (Phi) is 6.08. The Balaban J connectivity index is 0.00000144. The van der Waals surface area contributed by atoms with Gasteiger partial charge in [-0.05, 0) is 25.3 Å². The van der Waals surface area contributed by atoms with Crippen molar-refractivity contribution in [3.8, 4) is 0 Å². The first-order valence-corrected chi connectivity index (χ1v) is 4.60. The zero-order valence-electron chi connectivity index (χ0n) is 8.21. The second kappa shape index (κ2) is 6.22. The molecule has 0 radical (unpaired) electrons. The van der Waals surface area contributed by atoms with Crippen LogP contribution >= 0.6 is 12.4 Å². The van der Waals surface area contributed by atoms with Crippen molar-refractivity contribution in [3.63, 3.8) is 0 Å². The van der Waals surface area contributed by atoms with Crippen LogP contribution in [-0.4, -0.2) is 25.2 Å². The van der Waals surface area contributed by atoms with Crippen LogP contribution in [-0.2, 0) is 9.53 Å². The second-order valence-electron chi connectivity index (χ2n) is 3.67. The van der Waals surface area contributed by atoms with E-state index < -0.39 is 0 Å². The minimum absolute atomic E-state index is 0. The van der Waals surface area contributed by atoms with Gasteiger partial charge in [0.25, 0.3) is 0 Å². The molecule has 0 bridgehead atoms. The summed E-state index contributed by atoms with van der Waals surface area (Å²) in [6.45, 7) is 5.56. The molecule has 0 aromatic heterocycles. The second-order valence-corrected chi connectivity index (χ2v) is 3.67. The molecular weight excluding hydrogens is 190 g/mol. The van der Waals surface area contributed by atoms with Gasteiger partial charge < -0.3 is 10.1 Å². The Hall–Kier alpha value is -0.280. The smallest absolute Gasteiger partial charge is 0.323 e. The van der Waals surface area contributed by atoms with E-state index in [9.17, 15) is 4.79 Å². The van der Waals surface area contributed by atoms with Crippen LogP contribution in [0.25, 0.3) is 0 Å². The molecule has 4 heteroatoms. The normalized spacial score (nSPS) is 21.3. The summed E-state index contributed by atoms with van der Waals surface area (Å²) in [6.07, 6.45) is 2.01. The van der Waals surface area contributed by atoms with E-state index >= 15 is 0 Å². The fourth-order valence-electron chi connectivity index (χ4n) is 1.24. The summed E-state index contributed by atoms with van der Waals surface area (Å²) in [5.74, 6) is 0.344. The van der Waals surface area contributed by atoms with Crippen LogP contribution in [0.1, 0.15) is 26.7 Å². The van der Waals surface area contributed by atoms with Crippen LogP contribution in [0.4, 0.5) is 0 Å². The lowest BCUT2D eigenvalue weighted by molar-refractivity contribution is -0.146. The van der Waals surface area contributed by atoms with Crippen LogP contribution in [0.2, 0.25) is 0 Å². The minimum Gasteiger partial charge on any atom is -0.464 e. The van der Waals surface area contributed by atoms with Crippen molar-refractivity contribution >= 4 is 18.4 Å².